The smallest absolute Gasteiger partial charge is 0.341 e. The number of phenolic OH excluding ortho intramolecular Hbond substituents is 1. The van der Waals surface area contributed by atoms with Crippen molar-refractivity contribution >= 4 is 11.8 Å². The quantitative estimate of drug-likeness (QED) is 0.569. The lowest BCUT2D eigenvalue weighted by Gasteiger charge is -2.17. The lowest BCUT2D eigenvalue weighted by Crippen LogP contribution is -2.13. The number of hydrogen-bond acceptors (Lipinski definition) is 4. The van der Waals surface area contributed by atoms with Crippen LogP contribution in [0.5, 0.6) is 11.5 Å². The fraction of sp³-hybridized carbons (Fsp3) is 0.417. The number of ether oxygens (including phenoxy) is 1. The molecule has 0 heterocycles. The van der Waals surface area contributed by atoms with Crippen molar-refractivity contribution in [2.45, 2.75) is 59.8 Å². The normalized spacial score (nSPS) is 11.0. The Balaban J connectivity index is 2.52. The van der Waals surface area contributed by atoms with Gasteiger partial charge in [-0.2, -0.15) is 0 Å². The number of carboxylic acids is 1. The number of unbranched alkanes of at least 4 members (excludes halogenated alkanes) is 1. The third-order valence-electron chi connectivity index (χ3n) is 5.01. The Bertz CT molecular complexity index is 889. The average Bonchev–Trinajstić information content (AvgIpc) is 2.63. The van der Waals surface area contributed by atoms with Gasteiger partial charge in [-0.25, -0.2) is 4.79 Å². The van der Waals surface area contributed by atoms with Crippen molar-refractivity contribution in [1.82, 2.24) is 0 Å². The molecule has 5 heteroatoms. The van der Waals surface area contributed by atoms with Crippen LogP contribution in [0.15, 0.2) is 24.3 Å². The standard InChI is InChI=1S/C24H30O5/c1-6-7-8-17-11-21(25)19(14(2)3)12-20(17)24(28)23-15(4)9-18(10-16(23)5)29-13-22(26)27/h9-12,14,25H,6-8,13H2,1-5H3,(H,26,27). The van der Waals surface area contributed by atoms with Crippen LogP contribution in [0.2, 0.25) is 0 Å². The van der Waals surface area contributed by atoms with Gasteiger partial charge in [-0.3, -0.25) is 4.79 Å². The predicted molar refractivity (Wildman–Crippen MR) is 113 cm³/mol. The second kappa shape index (κ2) is 9.59. The van der Waals surface area contributed by atoms with E-state index >= 15 is 0 Å². The minimum Gasteiger partial charge on any atom is -0.508 e. The first kappa shape index (κ1) is 22.5. The summed E-state index contributed by atoms with van der Waals surface area (Å²) in [5.74, 6) is -0.382. The first-order valence-corrected chi connectivity index (χ1v) is 10.0. The average molecular weight is 398 g/mol. The summed E-state index contributed by atoms with van der Waals surface area (Å²) in [6.45, 7) is 9.28. The van der Waals surface area contributed by atoms with Gasteiger partial charge in [0.1, 0.15) is 11.5 Å². The Kier molecular flexibility index (Phi) is 7.43. The summed E-state index contributed by atoms with van der Waals surface area (Å²) < 4.78 is 5.27. The molecule has 0 aliphatic heterocycles. The summed E-state index contributed by atoms with van der Waals surface area (Å²) in [5, 5.41) is 19.2. The van der Waals surface area contributed by atoms with E-state index in [1.807, 2.05) is 33.8 Å². The van der Waals surface area contributed by atoms with Gasteiger partial charge in [-0.1, -0.05) is 27.2 Å². The molecule has 2 aromatic rings. The van der Waals surface area contributed by atoms with Crippen molar-refractivity contribution in [3.63, 3.8) is 0 Å². The topological polar surface area (TPSA) is 83.8 Å². The number of benzene rings is 2. The van der Waals surface area contributed by atoms with Gasteiger partial charge in [-0.05, 0) is 79.1 Å². The number of carbonyl (C=O) groups excluding carboxylic acids is 1. The molecule has 29 heavy (non-hydrogen) atoms. The third kappa shape index (κ3) is 5.37. The van der Waals surface area contributed by atoms with Gasteiger partial charge in [-0.15, -0.1) is 0 Å². The Morgan fingerprint density at radius 2 is 1.69 bits per heavy atom. The summed E-state index contributed by atoms with van der Waals surface area (Å²) >= 11 is 0. The van der Waals surface area contributed by atoms with E-state index in [9.17, 15) is 14.7 Å². The van der Waals surface area contributed by atoms with Crippen LogP contribution in [-0.4, -0.2) is 28.6 Å². The molecule has 2 rings (SSSR count). The molecular weight excluding hydrogens is 368 g/mol. The zero-order valence-corrected chi connectivity index (χ0v) is 17.8. The first-order chi connectivity index (χ1) is 13.6. The Hall–Kier alpha value is -2.82. The molecule has 0 bridgehead atoms. The SMILES string of the molecule is CCCCc1cc(O)c(C(C)C)cc1C(=O)c1c(C)cc(OCC(=O)O)cc1C. The number of carbonyl (C=O) groups is 2. The molecule has 0 aliphatic rings. The minimum atomic E-state index is -1.05. The highest BCUT2D eigenvalue weighted by molar-refractivity contribution is 6.12. The van der Waals surface area contributed by atoms with Gasteiger partial charge < -0.3 is 14.9 Å². The van der Waals surface area contributed by atoms with Crippen LogP contribution in [-0.2, 0) is 11.2 Å². The largest absolute Gasteiger partial charge is 0.508 e. The molecule has 0 atom stereocenters. The van der Waals surface area contributed by atoms with Crippen molar-refractivity contribution in [2.24, 2.45) is 0 Å². The minimum absolute atomic E-state index is 0.0854. The molecule has 0 saturated heterocycles. The molecular formula is C24H30O5. The number of aliphatic carboxylic acids is 1. The number of ketones is 1. The predicted octanol–water partition coefficient (Wildman–Crippen LogP) is 5.17. The van der Waals surface area contributed by atoms with Crippen LogP contribution in [0, 0.1) is 13.8 Å². The summed E-state index contributed by atoms with van der Waals surface area (Å²) in [4.78, 5) is 24.3. The fourth-order valence-corrected chi connectivity index (χ4v) is 3.54. The van der Waals surface area contributed by atoms with Crippen LogP contribution >= 0.6 is 0 Å². The van der Waals surface area contributed by atoms with Crippen molar-refractivity contribution in [3.8, 4) is 11.5 Å². The molecule has 0 aromatic heterocycles. The van der Waals surface area contributed by atoms with Gasteiger partial charge in [0.05, 0.1) is 0 Å². The van der Waals surface area contributed by atoms with Crippen molar-refractivity contribution in [3.05, 3.63) is 57.6 Å². The number of aryl methyl sites for hydroxylation is 3. The molecule has 0 radical (unpaired) electrons. The molecule has 0 unspecified atom stereocenters. The summed E-state index contributed by atoms with van der Waals surface area (Å²) in [6, 6.07) is 6.94. The van der Waals surface area contributed by atoms with Crippen LogP contribution in [0.4, 0.5) is 0 Å². The second-order valence-electron chi connectivity index (χ2n) is 7.77. The molecule has 0 spiro atoms. The molecule has 0 saturated carbocycles. The second-order valence-corrected chi connectivity index (χ2v) is 7.77. The highest BCUT2D eigenvalue weighted by Crippen LogP contribution is 2.32. The van der Waals surface area contributed by atoms with E-state index in [0.29, 0.717) is 16.9 Å². The summed E-state index contributed by atoms with van der Waals surface area (Å²) in [5.41, 5.74) is 4.28. The maximum Gasteiger partial charge on any atom is 0.341 e. The van der Waals surface area contributed by atoms with Crippen molar-refractivity contribution in [1.29, 1.82) is 0 Å². The number of rotatable bonds is 9. The van der Waals surface area contributed by atoms with Gasteiger partial charge >= 0.3 is 5.97 Å². The zero-order chi connectivity index (χ0) is 21.7. The molecule has 2 aromatic carbocycles. The lowest BCUT2D eigenvalue weighted by molar-refractivity contribution is -0.139. The van der Waals surface area contributed by atoms with Gasteiger partial charge in [0.25, 0.3) is 0 Å². The van der Waals surface area contributed by atoms with Crippen LogP contribution in [0.25, 0.3) is 0 Å². The van der Waals surface area contributed by atoms with Crippen molar-refractivity contribution in [2.75, 3.05) is 6.61 Å². The molecule has 156 valence electrons. The highest BCUT2D eigenvalue weighted by Gasteiger charge is 2.21. The molecule has 0 amide bonds. The van der Waals surface area contributed by atoms with E-state index in [-0.39, 0.29) is 17.5 Å². The number of carboxylic acid groups (broad SMARTS) is 1. The summed E-state index contributed by atoms with van der Waals surface area (Å²) in [7, 11) is 0. The molecule has 2 N–H and O–H groups in total. The molecule has 5 nitrogen and oxygen atoms in total. The van der Waals surface area contributed by atoms with E-state index in [4.69, 9.17) is 9.84 Å². The Morgan fingerprint density at radius 1 is 1.07 bits per heavy atom. The Labute approximate surface area is 172 Å². The van der Waals surface area contributed by atoms with E-state index in [0.717, 1.165) is 41.5 Å². The van der Waals surface area contributed by atoms with E-state index < -0.39 is 12.6 Å². The highest BCUT2D eigenvalue weighted by atomic mass is 16.5. The van der Waals surface area contributed by atoms with Gasteiger partial charge in [0, 0.05) is 11.1 Å². The van der Waals surface area contributed by atoms with E-state index in [2.05, 4.69) is 6.92 Å². The van der Waals surface area contributed by atoms with E-state index in [1.165, 1.54) is 0 Å². The van der Waals surface area contributed by atoms with Crippen LogP contribution < -0.4 is 4.74 Å². The Morgan fingerprint density at radius 3 is 2.21 bits per heavy atom. The number of aromatic hydroxyl groups is 1. The fourth-order valence-electron chi connectivity index (χ4n) is 3.54. The van der Waals surface area contributed by atoms with E-state index in [1.54, 1.807) is 18.2 Å². The maximum atomic E-state index is 13.5. The van der Waals surface area contributed by atoms with Gasteiger partial charge in [0.15, 0.2) is 12.4 Å². The maximum absolute atomic E-state index is 13.5. The summed E-state index contributed by atoms with van der Waals surface area (Å²) in [6.07, 6.45) is 2.65. The number of hydrogen-bond donors (Lipinski definition) is 2. The van der Waals surface area contributed by atoms with Crippen LogP contribution in [0.3, 0.4) is 0 Å². The first-order valence-electron chi connectivity index (χ1n) is 10.0. The lowest BCUT2D eigenvalue weighted by atomic mass is 9.87. The molecule has 0 aliphatic carbocycles. The monoisotopic (exact) mass is 398 g/mol. The van der Waals surface area contributed by atoms with Crippen molar-refractivity contribution < 1.29 is 24.5 Å². The van der Waals surface area contributed by atoms with Gasteiger partial charge in [0.2, 0.25) is 0 Å². The molecule has 0 fully saturated rings. The third-order valence-corrected chi connectivity index (χ3v) is 5.01. The zero-order valence-electron chi connectivity index (χ0n) is 17.8. The number of phenols is 1. The van der Waals surface area contributed by atoms with Crippen LogP contribution in [0.1, 0.15) is 77.7 Å².